The van der Waals surface area contributed by atoms with Crippen molar-refractivity contribution in [1.29, 1.82) is 0 Å². The van der Waals surface area contributed by atoms with Gasteiger partial charge in [-0.1, -0.05) is 19.9 Å². The van der Waals surface area contributed by atoms with Crippen LogP contribution in [0.1, 0.15) is 37.4 Å². The Morgan fingerprint density at radius 2 is 2.07 bits per heavy atom. The Bertz CT molecular complexity index is 477. The van der Waals surface area contributed by atoms with Gasteiger partial charge < -0.3 is 0 Å². The highest BCUT2D eigenvalue weighted by atomic mass is 14.8. The fourth-order valence-corrected chi connectivity index (χ4v) is 1.58. The first-order chi connectivity index (χ1) is 7.20. The van der Waals surface area contributed by atoms with E-state index in [-0.39, 0.29) is 0 Å². The normalized spacial score (nSPS) is 13.0. The number of nitrogens with zero attached hydrogens (tertiary/aromatic N) is 2. The number of hydrogen-bond donors (Lipinski definition) is 0. The predicted molar refractivity (Wildman–Crippen MR) is 63.0 cm³/mol. The molecule has 0 saturated carbocycles. The highest BCUT2D eigenvalue weighted by Crippen LogP contribution is 2.18. The maximum absolute atomic E-state index is 4.62. The van der Waals surface area contributed by atoms with Gasteiger partial charge in [0.2, 0.25) is 0 Å². The summed E-state index contributed by atoms with van der Waals surface area (Å²) in [6, 6.07) is 6.20. The lowest BCUT2D eigenvalue weighted by molar-refractivity contribution is 0.707. The van der Waals surface area contributed by atoms with E-state index in [9.17, 15) is 0 Å². The van der Waals surface area contributed by atoms with Crippen molar-refractivity contribution in [1.82, 2.24) is 9.97 Å². The molecule has 2 heteroatoms. The molecule has 78 valence electrons. The van der Waals surface area contributed by atoms with Crippen LogP contribution in [0.15, 0.2) is 24.4 Å². The molecule has 0 saturated heterocycles. The minimum Gasteiger partial charge on any atom is -0.253 e. The molecule has 2 aromatic rings. The molecule has 0 radical (unpaired) electrons. The maximum Gasteiger partial charge on any atom is 0.0890 e. The first-order valence-corrected chi connectivity index (χ1v) is 5.44. The van der Waals surface area contributed by atoms with Crippen LogP contribution in [0.2, 0.25) is 0 Å². The third-order valence-corrected chi connectivity index (χ3v) is 2.83. The van der Waals surface area contributed by atoms with Gasteiger partial charge in [0.05, 0.1) is 16.7 Å². The van der Waals surface area contributed by atoms with Crippen LogP contribution in [0.4, 0.5) is 0 Å². The Kier molecular flexibility index (Phi) is 2.67. The molecule has 0 bridgehead atoms. The summed E-state index contributed by atoms with van der Waals surface area (Å²) in [5, 5.41) is 0. The quantitative estimate of drug-likeness (QED) is 0.742. The fourth-order valence-electron chi connectivity index (χ4n) is 1.58. The lowest BCUT2D eigenvalue weighted by Gasteiger charge is -2.08. The molecule has 2 rings (SSSR count). The van der Waals surface area contributed by atoms with Crippen molar-refractivity contribution in [2.75, 3.05) is 0 Å². The number of hydrogen-bond acceptors (Lipinski definition) is 2. The van der Waals surface area contributed by atoms with E-state index in [0.717, 1.165) is 23.1 Å². The fraction of sp³-hybridized carbons (Fsp3) is 0.385. The van der Waals surface area contributed by atoms with Crippen molar-refractivity contribution < 1.29 is 0 Å². The van der Waals surface area contributed by atoms with E-state index in [1.165, 1.54) is 5.56 Å². The average molecular weight is 200 g/mol. The Balaban J connectivity index is 2.52. The van der Waals surface area contributed by atoms with Crippen molar-refractivity contribution in [2.45, 2.75) is 33.1 Å². The summed E-state index contributed by atoms with van der Waals surface area (Å²) in [5.74, 6) is 0.489. The van der Waals surface area contributed by atoms with Crippen LogP contribution in [-0.4, -0.2) is 9.97 Å². The number of benzene rings is 1. The smallest absolute Gasteiger partial charge is 0.0890 e. The molecule has 1 unspecified atom stereocenters. The molecule has 1 aromatic heterocycles. The van der Waals surface area contributed by atoms with E-state index in [4.69, 9.17) is 0 Å². The van der Waals surface area contributed by atoms with Crippen molar-refractivity contribution in [3.05, 3.63) is 35.7 Å². The SMILES string of the molecule is CCC(C)c1cnc2cc(C)ccc2n1. The van der Waals surface area contributed by atoms with Gasteiger partial charge in [-0.2, -0.15) is 0 Å². The Morgan fingerprint density at radius 3 is 2.80 bits per heavy atom. The minimum atomic E-state index is 0.489. The van der Waals surface area contributed by atoms with Gasteiger partial charge >= 0.3 is 0 Å². The highest BCUT2D eigenvalue weighted by Gasteiger charge is 2.06. The largest absolute Gasteiger partial charge is 0.253 e. The second kappa shape index (κ2) is 3.97. The second-order valence-electron chi connectivity index (χ2n) is 4.10. The number of aryl methyl sites for hydroxylation is 1. The molecule has 1 heterocycles. The predicted octanol–water partition coefficient (Wildman–Crippen LogP) is 3.45. The van der Waals surface area contributed by atoms with E-state index >= 15 is 0 Å². The van der Waals surface area contributed by atoms with Crippen LogP contribution in [-0.2, 0) is 0 Å². The van der Waals surface area contributed by atoms with Gasteiger partial charge in [-0.05, 0) is 37.0 Å². The molecule has 0 aliphatic rings. The van der Waals surface area contributed by atoms with Crippen LogP contribution >= 0.6 is 0 Å². The third kappa shape index (κ3) is 1.99. The standard InChI is InChI=1S/C13H16N2/c1-4-10(3)13-8-14-12-7-9(2)5-6-11(12)15-13/h5-8,10H,4H2,1-3H3. The molecule has 0 aliphatic carbocycles. The second-order valence-corrected chi connectivity index (χ2v) is 4.10. The summed E-state index contributed by atoms with van der Waals surface area (Å²) in [6.45, 7) is 6.43. The van der Waals surface area contributed by atoms with Gasteiger partial charge in [0.1, 0.15) is 0 Å². The van der Waals surface area contributed by atoms with Gasteiger partial charge in [0.25, 0.3) is 0 Å². The average Bonchev–Trinajstić information content (AvgIpc) is 2.27. The molecule has 0 fully saturated rings. The van der Waals surface area contributed by atoms with Crippen molar-refractivity contribution in [3.63, 3.8) is 0 Å². The summed E-state index contributed by atoms with van der Waals surface area (Å²) in [5.41, 5.74) is 4.31. The van der Waals surface area contributed by atoms with Crippen molar-refractivity contribution >= 4 is 11.0 Å². The molecule has 15 heavy (non-hydrogen) atoms. The monoisotopic (exact) mass is 200 g/mol. The first kappa shape index (κ1) is 10.1. The van der Waals surface area contributed by atoms with Crippen LogP contribution in [0, 0.1) is 6.92 Å². The topological polar surface area (TPSA) is 25.8 Å². The van der Waals surface area contributed by atoms with Crippen LogP contribution in [0.25, 0.3) is 11.0 Å². The Morgan fingerprint density at radius 1 is 1.27 bits per heavy atom. The van der Waals surface area contributed by atoms with Crippen molar-refractivity contribution in [2.24, 2.45) is 0 Å². The molecule has 0 N–H and O–H groups in total. The van der Waals surface area contributed by atoms with Crippen molar-refractivity contribution in [3.8, 4) is 0 Å². The number of rotatable bonds is 2. The summed E-state index contributed by atoms with van der Waals surface area (Å²) >= 11 is 0. The molecular weight excluding hydrogens is 184 g/mol. The molecule has 0 aliphatic heterocycles. The Labute approximate surface area is 90.4 Å². The summed E-state index contributed by atoms with van der Waals surface area (Å²) in [6.07, 6.45) is 3.00. The van der Waals surface area contributed by atoms with Gasteiger partial charge in [0.15, 0.2) is 0 Å². The van der Waals surface area contributed by atoms with Crippen LogP contribution in [0.3, 0.4) is 0 Å². The molecular formula is C13H16N2. The summed E-state index contributed by atoms with van der Waals surface area (Å²) < 4.78 is 0. The van der Waals surface area contributed by atoms with Gasteiger partial charge in [-0.25, -0.2) is 4.98 Å². The molecule has 0 spiro atoms. The number of fused-ring (bicyclic) bond motifs is 1. The van der Waals surface area contributed by atoms with E-state index in [1.807, 2.05) is 12.3 Å². The van der Waals surface area contributed by atoms with Crippen LogP contribution in [0.5, 0.6) is 0 Å². The highest BCUT2D eigenvalue weighted by molar-refractivity contribution is 5.74. The molecule has 2 nitrogen and oxygen atoms in total. The van der Waals surface area contributed by atoms with E-state index in [0.29, 0.717) is 5.92 Å². The van der Waals surface area contributed by atoms with Gasteiger partial charge in [-0.3, -0.25) is 4.98 Å². The lowest BCUT2D eigenvalue weighted by Crippen LogP contribution is -1.97. The molecule has 1 atom stereocenters. The molecule has 1 aromatic carbocycles. The summed E-state index contributed by atoms with van der Waals surface area (Å²) in [7, 11) is 0. The van der Waals surface area contributed by atoms with Gasteiger partial charge in [0, 0.05) is 6.20 Å². The zero-order chi connectivity index (χ0) is 10.8. The Hall–Kier alpha value is -1.44. The maximum atomic E-state index is 4.62. The third-order valence-electron chi connectivity index (χ3n) is 2.83. The molecule has 0 amide bonds. The van der Waals surface area contributed by atoms with Gasteiger partial charge in [-0.15, -0.1) is 0 Å². The van der Waals surface area contributed by atoms with E-state index in [2.05, 4.69) is 42.9 Å². The van der Waals surface area contributed by atoms with E-state index in [1.54, 1.807) is 0 Å². The lowest BCUT2D eigenvalue weighted by atomic mass is 10.1. The zero-order valence-corrected chi connectivity index (χ0v) is 9.49. The first-order valence-electron chi connectivity index (χ1n) is 5.44. The van der Waals surface area contributed by atoms with E-state index < -0.39 is 0 Å². The zero-order valence-electron chi connectivity index (χ0n) is 9.49. The minimum absolute atomic E-state index is 0.489. The summed E-state index contributed by atoms with van der Waals surface area (Å²) in [4.78, 5) is 9.07. The number of aromatic nitrogens is 2. The van der Waals surface area contributed by atoms with Crippen LogP contribution < -0.4 is 0 Å².